The maximum atomic E-state index is 6.07. The van der Waals surface area contributed by atoms with Crippen LogP contribution in [0.5, 0.6) is 5.75 Å². The smallest absolute Gasteiger partial charge is 0.134 e. The minimum atomic E-state index is 0.231. The van der Waals surface area contributed by atoms with Gasteiger partial charge in [-0.2, -0.15) is 5.10 Å². The average molecular weight is 310 g/mol. The van der Waals surface area contributed by atoms with E-state index in [-0.39, 0.29) is 12.1 Å². The van der Waals surface area contributed by atoms with E-state index in [1.54, 1.807) is 6.20 Å². The molecule has 3 N–H and O–H groups in total. The minimum absolute atomic E-state index is 0.231. The molecule has 0 unspecified atom stereocenters. The topological polar surface area (TPSA) is 63.9 Å². The number of nitrogens with zero attached hydrogens (tertiary/aromatic N) is 1. The Bertz CT molecular complexity index is 554. The quantitative estimate of drug-likeness (QED) is 0.896. The van der Waals surface area contributed by atoms with Crippen LogP contribution in [0.4, 0.5) is 0 Å². The van der Waals surface area contributed by atoms with Gasteiger partial charge in [0.2, 0.25) is 0 Å². The average Bonchev–Trinajstić information content (AvgIpc) is 2.82. The highest BCUT2D eigenvalue weighted by atomic mass is 79.9. The van der Waals surface area contributed by atoms with Crippen molar-refractivity contribution in [2.45, 2.75) is 37.8 Å². The van der Waals surface area contributed by atoms with E-state index in [0.717, 1.165) is 46.8 Å². The highest BCUT2D eigenvalue weighted by molar-refractivity contribution is 9.10. The molecule has 1 saturated carbocycles. The fraction of sp³-hybridized carbons (Fsp3) is 0.462. The molecule has 1 aromatic carbocycles. The van der Waals surface area contributed by atoms with Crippen LogP contribution < -0.4 is 10.5 Å². The SMILES string of the molecule is N[C@H]1CCC[C@H](Oc2ccc3[nH]ncc3c2Br)C1. The van der Waals surface area contributed by atoms with Crippen molar-refractivity contribution in [1.29, 1.82) is 0 Å². The summed E-state index contributed by atoms with van der Waals surface area (Å²) in [4.78, 5) is 0. The van der Waals surface area contributed by atoms with Crippen LogP contribution in [0.25, 0.3) is 10.9 Å². The molecule has 1 aliphatic carbocycles. The summed E-state index contributed by atoms with van der Waals surface area (Å²) >= 11 is 3.59. The predicted molar refractivity (Wildman–Crippen MR) is 74.7 cm³/mol. The van der Waals surface area contributed by atoms with Gasteiger partial charge in [-0.15, -0.1) is 0 Å². The molecule has 1 heterocycles. The van der Waals surface area contributed by atoms with Crippen LogP contribution in [-0.2, 0) is 0 Å². The standard InChI is InChI=1S/C13H16BrN3O/c14-13-10-7-16-17-11(10)4-5-12(13)18-9-3-1-2-8(15)6-9/h4-5,7-9H,1-3,6,15H2,(H,16,17)/t8-,9-/m0/s1. The largest absolute Gasteiger partial charge is 0.489 e. The highest BCUT2D eigenvalue weighted by Gasteiger charge is 2.21. The molecular formula is C13H16BrN3O. The maximum Gasteiger partial charge on any atom is 0.134 e. The summed E-state index contributed by atoms with van der Waals surface area (Å²) in [7, 11) is 0. The summed E-state index contributed by atoms with van der Waals surface area (Å²) in [5.74, 6) is 0.878. The number of H-pyrrole nitrogens is 1. The number of aromatic nitrogens is 2. The van der Waals surface area contributed by atoms with Gasteiger partial charge in [-0.3, -0.25) is 5.10 Å². The van der Waals surface area contributed by atoms with Crippen molar-refractivity contribution in [3.63, 3.8) is 0 Å². The molecule has 1 aliphatic rings. The van der Waals surface area contributed by atoms with Crippen LogP contribution in [0.15, 0.2) is 22.8 Å². The molecule has 0 spiro atoms. The fourth-order valence-corrected chi connectivity index (χ4v) is 3.06. The molecule has 4 nitrogen and oxygen atoms in total. The monoisotopic (exact) mass is 309 g/mol. The number of rotatable bonds is 2. The molecule has 18 heavy (non-hydrogen) atoms. The van der Waals surface area contributed by atoms with Gasteiger partial charge in [0.25, 0.3) is 0 Å². The summed E-state index contributed by atoms with van der Waals surface area (Å²) in [5, 5.41) is 8.02. The molecule has 1 aromatic heterocycles. The Balaban J connectivity index is 1.83. The Morgan fingerprint density at radius 3 is 3.11 bits per heavy atom. The van der Waals surface area contributed by atoms with E-state index in [9.17, 15) is 0 Å². The van der Waals surface area contributed by atoms with Gasteiger partial charge >= 0.3 is 0 Å². The number of hydrogen-bond acceptors (Lipinski definition) is 3. The van der Waals surface area contributed by atoms with E-state index in [1.807, 2.05) is 12.1 Å². The van der Waals surface area contributed by atoms with E-state index >= 15 is 0 Å². The number of benzene rings is 1. The lowest BCUT2D eigenvalue weighted by Gasteiger charge is -2.27. The van der Waals surface area contributed by atoms with Gasteiger partial charge in [-0.1, -0.05) is 0 Å². The lowest BCUT2D eigenvalue weighted by atomic mass is 9.93. The third kappa shape index (κ3) is 2.24. The number of aromatic amines is 1. The highest BCUT2D eigenvalue weighted by Crippen LogP contribution is 2.34. The Hall–Kier alpha value is -1.07. The molecule has 1 fully saturated rings. The van der Waals surface area contributed by atoms with Crippen molar-refractivity contribution in [2.75, 3.05) is 0 Å². The number of halogens is 1. The summed E-state index contributed by atoms with van der Waals surface area (Å²) in [6.07, 6.45) is 6.33. The van der Waals surface area contributed by atoms with Crippen molar-refractivity contribution in [2.24, 2.45) is 5.73 Å². The summed E-state index contributed by atoms with van der Waals surface area (Å²) in [5.41, 5.74) is 6.99. The van der Waals surface area contributed by atoms with Gasteiger partial charge < -0.3 is 10.5 Å². The second-order valence-corrected chi connectivity index (χ2v) is 5.67. The Kier molecular flexibility index (Phi) is 3.26. The molecule has 2 aromatic rings. The third-order valence-corrected chi connectivity index (χ3v) is 4.30. The van der Waals surface area contributed by atoms with Gasteiger partial charge in [0.1, 0.15) is 11.9 Å². The van der Waals surface area contributed by atoms with Crippen LogP contribution in [0.3, 0.4) is 0 Å². The minimum Gasteiger partial charge on any atom is -0.489 e. The van der Waals surface area contributed by atoms with Crippen molar-refractivity contribution in [1.82, 2.24) is 10.2 Å². The van der Waals surface area contributed by atoms with Crippen molar-refractivity contribution in [3.05, 3.63) is 22.8 Å². The molecular weight excluding hydrogens is 294 g/mol. The Morgan fingerprint density at radius 1 is 1.39 bits per heavy atom. The molecule has 2 atom stereocenters. The molecule has 5 heteroatoms. The third-order valence-electron chi connectivity index (χ3n) is 3.48. The zero-order valence-corrected chi connectivity index (χ0v) is 11.6. The summed E-state index contributed by atoms with van der Waals surface area (Å²) in [6.45, 7) is 0. The number of nitrogens with two attached hydrogens (primary N) is 1. The Labute approximate surface area is 114 Å². The lowest BCUT2D eigenvalue weighted by molar-refractivity contribution is 0.144. The first-order valence-corrected chi connectivity index (χ1v) is 7.07. The van der Waals surface area contributed by atoms with Gasteiger partial charge in [-0.25, -0.2) is 0 Å². The Morgan fingerprint density at radius 2 is 2.28 bits per heavy atom. The molecule has 96 valence electrons. The number of ether oxygens (including phenoxy) is 1. The van der Waals surface area contributed by atoms with Crippen LogP contribution in [0.2, 0.25) is 0 Å². The first-order valence-electron chi connectivity index (χ1n) is 6.28. The van der Waals surface area contributed by atoms with Crippen molar-refractivity contribution >= 4 is 26.8 Å². The number of nitrogens with one attached hydrogen (secondary N) is 1. The van der Waals surface area contributed by atoms with E-state index in [4.69, 9.17) is 10.5 Å². The van der Waals surface area contributed by atoms with Crippen LogP contribution >= 0.6 is 15.9 Å². The molecule has 0 aliphatic heterocycles. The zero-order valence-electron chi connectivity index (χ0n) is 10.0. The normalized spacial score (nSPS) is 24.3. The number of hydrogen-bond donors (Lipinski definition) is 2. The second kappa shape index (κ2) is 4.90. The van der Waals surface area contributed by atoms with Crippen LogP contribution in [0, 0.1) is 0 Å². The first kappa shape index (κ1) is 12.0. The molecule has 0 radical (unpaired) electrons. The van der Waals surface area contributed by atoms with Crippen LogP contribution in [-0.4, -0.2) is 22.3 Å². The van der Waals surface area contributed by atoms with Gasteiger partial charge in [0.05, 0.1) is 16.2 Å². The van der Waals surface area contributed by atoms with Gasteiger partial charge in [-0.05, 0) is 53.7 Å². The summed E-state index contributed by atoms with van der Waals surface area (Å²) in [6, 6.07) is 4.25. The van der Waals surface area contributed by atoms with Crippen LogP contribution in [0.1, 0.15) is 25.7 Å². The molecule has 0 bridgehead atoms. The van der Waals surface area contributed by atoms with Gasteiger partial charge in [0, 0.05) is 11.4 Å². The van der Waals surface area contributed by atoms with E-state index in [2.05, 4.69) is 26.1 Å². The zero-order chi connectivity index (χ0) is 12.5. The lowest BCUT2D eigenvalue weighted by Crippen LogP contribution is -2.33. The first-order chi connectivity index (χ1) is 8.74. The number of fused-ring (bicyclic) bond motifs is 1. The van der Waals surface area contributed by atoms with Gasteiger partial charge in [0.15, 0.2) is 0 Å². The van der Waals surface area contributed by atoms with E-state index in [0.29, 0.717) is 0 Å². The molecule has 0 amide bonds. The predicted octanol–water partition coefficient (Wildman–Crippen LogP) is 2.97. The molecule has 0 saturated heterocycles. The van der Waals surface area contributed by atoms with E-state index < -0.39 is 0 Å². The fourth-order valence-electron chi connectivity index (χ4n) is 2.52. The van der Waals surface area contributed by atoms with Crippen molar-refractivity contribution < 1.29 is 4.74 Å². The molecule has 3 rings (SSSR count). The van der Waals surface area contributed by atoms with Crippen molar-refractivity contribution in [3.8, 4) is 5.75 Å². The second-order valence-electron chi connectivity index (χ2n) is 4.88. The maximum absolute atomic E-state index is 6.07. The van der Waals surface area contributed by atoms with E-state index in [1.165, 1.54) is 0 Å². The summed E-state index contributed by atoms with van der Waals surface area (Å²) < 4.78 is 7.03.